The Balaban J connectivity index is 1.50. The third kappa shape index (κ3) is 3.37. The molecule has 2 aromatic rings. The summed E-state index contributed by atoms with van der Waals surface area (Å²) in [5, 5.41) is 8.84. The van der Waals surface area contributed by atoms with Gasteiger partial charge >= 0.3 is 5.97 Å². The van der Waals surface area contributed by atoms with Crippen molar-refractivity contribution in [3.8, 4) is 11.8 Å². The van der Waals surface area contributed by atoms with Crippen LogP contribution in [0.2, 0.25) is 0 Å². The number of nitrogens with zero attached hydrogens (tertiary/aromatic N) is 3. The highest BCUT2D eigenvalue weighted by Crippen LogP contribution is 2.30. The number of carbonyl (C=O) groups is 1. The molecule has 8 heteroatoms. The molecule has 0 aromatic heterocycles. The molecule has 1 atom stereocenters. The van der Waals surface area contributed by atoms with Crippen molar-refractivity contribution in [3.63, 3.8) is 0 Å². The van der Waals surface area contributed by atoms with Gasteiger partial charge in [0.25, 0.3) is 10.0 Å². The number of piperidine rings is 1. The van der Waals surface area contributed by atoms with Crippen molar-refractivity contribution in [2.75, 3.05) is 13.1 Å². The standard InChI is InChI=1S/C20H17N3O4S/c21-12-14-7-9-16(10-8-14)27-20(24)15-4-3-11-23(13-15)19-17-5-1-2-6-18(17)28(25,26)22-19/h1-2,5-10,15H,3-4,11,13H2. The third-order valence-electron chi connectivity index (χ3n) is 4.87. The molecule has 0 amide bonds. The van der Waals surface area contributed by atoms with Crippen molar-refractivity contribution in [1.29, 1.82) is 5.26 Å². The van der Waals surface area contributed by atoms with Crippen LogP contribution >= 0.6 is 0 Å². The van der Waals surface area contributed by atoms with E-state index in [0.29, 0.717) is 42.2 Å². The SMILES string of the molecule is N#Cc1ccc(OC(=O)C2CCCN(C3=NS(=O)(=O)c4ccccc43)C2)cc1. The Morgan fingerprint density at radius 1 is 1.18 bits per heavy atom. The molecular weight excluding hydrogens is 378 g/mol. The molecular formula is C20H17N3O4S. The van der Waals surface area contributed by atoms with E-state index >= 15 is 0 Å². The number of hydrogen-bond donors (Lipinski definition) is 0. The Kier molecular flexibility index (Phi) is 4.61. The van der Waals surface area contributed by atoms with Crippen molar-refractivity contribution in [1.82, 2.24) is 4.90 Å². The Hall–Kier alpha value is -3.18. The fourth-order valence-corrected chi connectivity index (χ4v) is 4.70. The number of rotatable bonds is 2. The van der Waals surface area contributed by atoms with Crippen LogP contribution < -0.4 is 4.74 Å². The Labute approximate surface area is 162 Å². The lowest BCUT2D eigenvalue weighted by molar-refractivity contribution is -0.140. The maximum absolute atomic E-state index is 12.6. The number of benzene rings is 2. The van der Waals surface area contributed by atoms with Gasteiger partial charge in [-0.2, -0.15) is 13.7 Å². The summed E-state index contributed by atoms with van der Waals surface area (Å²) in [6, 6.07) is 15.1. The van der Waals surface area contributed by atoms with Gasteiger partial charge in [-0.3, -0.25) is 4.79 Å². The van der Waals surface area contributed by atoms with Gasteiger partial charge in [0, 0.05) is 18.7 Å². The van der Waals surface area contributed by atoms with E-state index in [1.165, 1.54) is 0 Å². The van der Waals surface area contributed by atoms with E-state index in [1.54, 1.807) is 48.5 Å². The lowest BCUT2D eigenvalue weighted by Gasteiger charge is -2.32. The summed E-state index contributed by atoms with van der Waals surface area (Å²) < 4.78 is 34.0. The van der Waals surface area contributed by atoms with Crippen molar-refractivity contribution in [3.05, 3.63) is 59.7 Å². The van der Waals surface area contributed by atoms with Crippen LogP contribution in [0, 0.1) is 17.2 Å². The van der Waals surface area contributed by atoms with Crippen molar-refractivity contribution in [2.45, 2.75) is 17.7 Å². The highest BCUT2D eigenvalue weighted by atomic mass is 32.2. The van der Waals surface area contributed by atoms with Gasteiger partial charge in [-0.25, -0.2) is 0 Å². The second kappa shape index (κ2) is 7.09. The Morgan fingerprint density at radius 3 is 2.68 bits per heavy atom. The number of fused-ring (bicyclic) bond motifs is 1. The first kappa shape index (κ1) is 18.2. The topological polar surface area (TPSA) is 99.8 Å². The lowest BCUT2D eigenvalue weighted by atomic mass is 9.97. The highest BCUT2D eigenvalue weighted by molar-refractivity contribution is 7.90. The maximum atomic E-state index is 12.6. The first-order chi connectivity index (χ1) is 13.5. The van der Waals surface area contributed by atoms with Crippen LogP contribution in [0.5, 0.6) is 5.75 Å². The molecule has 0 bridgehead atoms. The Bertz CT molecular complexity index is 1100. The van der Waals surface area contributed by atoms with E-state index in [-0.39, 0.29) is 16.8 Å². The minimum atomic E-state index is -3.69. The predicted octanol–water partition coefficient (Wildman–Crippen LogP) is 2.32. The predicted molar refractivity (Wildman–Crippen MR) is 101 cm³/mol. The van der Waals surface area contributed by atoms with E-state index in [2.05, 4.69) is 4.40 Å². The molecule has 2 heterocycles. The van der Waals surface area contributed by atoms with Crippen LogP contribution in [-0.4, -0.2) is 38.2 Å². The number of likely N-dealkylation sites (tertiary alicyclic amines) is 1. The normalized spacial score (nSPS) is 20.0. The largest absolute Gasteiger partial charge is 0.426 e. The van der Waals surface area contributed by atoms with Gasteiger partial charge in [-0.15, -0.1) is 4.40 Å². The first-order valence-electron chi connectivity index (χ1n) is 8.89. The van der Waals surface area contributed by atoms with Crippen LogP contribution in [0.1, 0.15) is 24.0 Å². The van der Waals surface area contributed by atoms with Crippen molar-refractivity contribution in [2.24, 2.45) is 10.3 Å². The summed E-state index contributed by atoms with van der Waals surface area (Å²) >= 11 is 0. The molecule has 0 radical (unpaired) electrons. The summed E-state index contributed by atoms with van der Waals surface area (Å²) in [4.78, 5) is 14.6. The molecule has 0 aliphatic carbocycles. The maximum Gasteiger partial charge on any atom is 0.316 e. The van der Waals surface area contributed by atoms with Crippen LogP contribution in [0.15, 0.2) is 57.8 Å². The van der Waals surface area contributed by atoms with E-state index in [0.717, 1.165) is 6.42 Å². The van der Waals surface area contributed by atoms with Crippen LogP contribution in [-0.2, 0) is 14.8 Å². The molecule has 2 aliphatic rings. The number of nitriles is 1. The average molecular weight is 395 g/mol. The van der Waals surface area contributed by atoms with E-state index in [4.69, 9.17) is 10.00 Å². The number of esters is 1. The Morgan fingerprint density at radius 2 is 1.93 bits per heavy atom. The number of amidine groups is 1. The molecule has 2 aliphatic heterocycles. The van der Waals surface area contributed by atoms with Gasteiger partial charge < -0.3 is 9.64 Å². The third-order valence-corrected chi connectivity index (χ3v) is 6.19. The number of sulfonamides is 1. The molecule has 0 N–H and O–H groups in total. The number of ether oxygens (including phenoxy) is 1. The molecule has 1 saturated heterocycles. The summed E-state index contributed by atoms with van der Waals surface area (Å²) in [6.07, 6.45) is 1.39. The van der Waals surface area contributed by atoms with E-state index in [1.807, 2.05) is 11.0 Å². The highest BCUT2D eigenvalue weighted by Gasteiger charge is 2.35. The number of hydrogen-bond acceptors (Lipinski definition) is 6. The molecule has 28 heavy (non-hydrogen) atoms. The van der Waals surface area contributed by atoms with Crippen molar-refractivity contribution < 1.29 is 17.9 Å². The van der Waals surface area contributed by atoms with Crippen LogP contribution in [0.4, 0.5) is 0 Å². The molecule has 142 valence electrons. The second-order valence-electron chi connectivity index (χ2n) is 6.73. The minimum Gasteiger partial charge on any atom is -0.426 e. The van der Waals surface area contributed by atoms with Gasteiger partial charge in [0.15, 0.2) is 5.84 Å². The second-order valence-corrected chi connectivity index (χ2v) is 8.30. The van der Waals surface area contributed by atoms with Crippen LogP contribution in [0.3, 0.4) is 0 Å². The summed E-state index contributed by atoms with van der Waals surface area (Å²) in [6.45, 7) is 0.973. The van der Waals surface area contributed by atoms with Gasteiger partial charge in [0.1, 0.15) is 10.6 Å². The lowest BCUT2D eigenvalue weighted by Crippen LogP contribution is -2.43. The summed E-state index contributed by atoms with van der Waals surface area (Å²) in [7, 11) is -3.69. The fraction of sp³-hybridized carbons (Fsp3) is 0.250. The molecule has 4 rings (SSSR count). The van der Waals surface area contributed by atoms with Gasteiger partial charge in [-0.1, -0.05) is 12.1 Å². The summed E-state index contributed by atoms with van der Waals surface area (Å²) in [5.41, 5.74) is 1.06. The first-order valence-corrected chi connectivity index (χ1v) is 10.3. The van der Waals surface area contributed by atoms with E-state index < -0.39 is 10.0 Å². The van der Waals surface area contributed by atoms with Crippen LogP contribution in [0.25, 0.3) is 0 Å². The average Bonchev–Trinajstić information content (AvgIpc) is 3.00. The molecule has 0 saturated carbocycles. The molecule has 7 nitrogen and oxygen atoms in total. The minimum absolute atomic E-state index is 0.201. The zero-order chi connectivity index (χ0) is 19.7. The molecule has 1 unspecified atom stereocenters. The zero-order valence-electron chi connectivity index (χ0n) is 14.9. The quantitative estimate of drug-likeness (QED) is 0.571. The van der Waals surface area contributed by atoms with Gasteiger partial charge in [-0.05, 0) is 49.2 Å². The van der Waals surface area contributed by atoms with E-state index in [9.17, 15) is 13.2 Å². The molecule has 1 fully saturated rings. The van der Waals surface area contributed by atoms with Gasteiger partial charge in [0.2, 0.25) is 0 Å². The van der Waals surface area contributed by atoms with Crippen molar-refractivity contribution >= 4 is 21.8 Å². The fourth-order valence-electron chi connectivity index (χ4n) is 3.48. The monoisotopic (exact) mass is 395 g/mol. The smallest absolute Gasteiger partial charge is 0.316 e. The zero-order valence-corrected chi connectivity index (χ0v) is 15.7. The van der Waals surface area contributed by atoms with Gasteiger partial charge in [0.05, 0.1) is 17.6 Å². The molecule has 0 spiro atoms. The molecule has 2 aromatic carbocycles. The number of carbonyl (C=O) groups excluding carboxylic acids is 1. The summed E-state index contributed by atoms with van der Waals surface area (Å²) in [5.74, 6) is 0.0189.